The number of halogens is 1. The third-order valence-corrected chi connectivity index (χ3v) is 4.43. The van der Waals surface area contributed by atoms with Crippen molar-refractivity contribution < 1.29 is 4.79 Å². The van der Waals surface area contributed by atoms with Crippen LogP contribution >= 0.6 is 22.9 Å². The molecule has 1 aromatic carbocycles. The van der Waals surface area contributed by atoms with Gasteiger partial charge < -0.3 is 9.80 Å². The first-order chi connectivity index (χ1) is 9.74. The van der Waals surface area contributed by atoms with Crippen molar-refractivity contribution in [2.75, 3.05) is 31.1 Å². The molecule has 1 aliphatic heterocycles. The average molecular weight is 307 g/mol. The number of anilines is 1. The highest BCUT2D eigenvalue weighted by Gasteiger charge is 2.22. The zero-order chi connectivity index (χ0) is 13.9. The van der Waals surface area contributed by atoms with E-state index in [1.165, 1.54) is 0 Å². The molecule has 0 spiro atoms. The van der Waals surface area contributed by atoms with Gasteiger partial charge in [-0.3, -0.25) is 4.79 Å². The van der Waals surface area contributed by atoms with Crippen molar-refractivity contribution in [3.05, 3.63) is 51.7 Å². The SMILES string of the molecule is O=C(c1ccsc1)N1CCN(c2cccc(Cl)c2)CC1. The number of piperazine rings is 1. The number of nitrogens with zero attached hydrogens (tertiary/aromatic N) is 2. The molecule has 1 fully saturated rings. The Bertz CT molecular complexity index is 592. The highest BCUT2D eigenvalue weighted by molar-refractivity contribution is 7.08. The fraction of sp³-hybridized carbons (Fsp3) is 0.267. The van der Waals surface area contributed by atoms with Crippen LogP contribution in [0.25, 0.3) is 0 Å². The molecule has 0 bridgehead atoms. The molecule has 0 N–H and O–H groups in total. The molecule has 1 aromatic heterocycles. The van der Waals surface area contributed by atoms with Crippen LogP contribution < -0.4 is 4.90 Å². The van der Waals surface area contributed by atoms with E-state index >= 15 is 0 Å². The molecule has 1 amide bonds. The van der Waals surface area contributed by atoms with E-state index in [4.69, 9.17) is 11.6 Å². The molecule has 0 saturated carbocycles. The molecule has 1 saturated heterocycles. The minimum absolute atomic E-state index is 0.136. The van der Waals surface area contributed by atoms with Crippen LogP contribution in [0, 0.1) is 0 Å². The number of benzene rings is 1. The third-order valence-electron chi connectivity index (χ3n) is 3.51. The topological polar surface area (TPSA) is 23.6 Å². The number of carbonyl (C=O) groups is 1. The summed E-state index contributed by atoms with van der Waals surface area (Å²) in [5.74, 6) is 0.136. The summed E-state index contributed by atoms with van der Waals surface area (Å²) in [4.78, 5) is 16.4. The van der Waals surface area contributed by atoms with Crippen molar-refractivity contribution in [3.8, 4) is 0 Å². The highest BCUT2D eigenvalue weighted by Crippen LogP contribution is 2.21. The van der Waals surface area contributed by atoms with Gasteiger partial charge >= 0.3 is 0 Å². The maximum Gasteiger partial charge on any atom is 0.254 e. The molecule has 0 radical (unpaired) electrons. The maximum absolute atomic E-state index is 12.3. The highest BCUT2D eigenvalue weighted by atomic mass is 35.5. The van der Waals surface area contributed by atoms with E-state index in [1.807, 2.05) is 39.9 Å². The largest absolute Gasteiger partial charge is 0.368 e. The number of thiophene rings is 1. The number of rotatable bonds is 2. The van der Waals surface area contributed by atoms with Gasteiger partial charge in [0.15, 0.2) is 0 Å². The Morgan fingerprint density at radius 1 is 1.15 bits per heavy atom. The van der Waals surface area contributed by atoms with Gasteiger partial charge in [0, 0.05) is 42.3 Å². The van der Waals surface area contributed by atoms with Crippen molar-refractivity contribution in [1.82, 2.24) is 4.90 Å². The van der Waals surface area contributed by atoms with Gasteiger partial charge in [0.1, 0.15) is 0 Å². The average Bonchev–Trinajstić information content (AvgIpc) is 3.01. The van der Waals surface area contributed by atoms with Crippen LogP contribution in [0.15, 0.2) is 41.1 Å². The van der Waals surface area contributed by atoms with E-state index in [-0.39, 0.29) is 5.91 Å². The minimum Gasteiger partial charge on any atom is -0.368 e. The first-order valence-corrected chi connectivity index (χ1v) is 7.88. The van der Waals surface area contributed by atoms with E-state index in [2.05, 4.69) is 11.0 Å². The Morgan fingerprint density at radius 3 is 2.60 bits per heavy atom. The molecular formula is C15H15ClN2OS. The lowest BCUT2D eigenvalue weighted by molar-refractivity contribution is 0.0747. The Balaban J connectivity index is 1.64. The predicted octanol–water partition coefficient (Wildman–Crippen LogP) is 3.36. The van der Waals surface area contributed by atoms with Crippen LogP contribution in [-0.4, -0.2) is 37.0 Å². The van der Waals surface area contributed by atoms with Crippen LogP contribution in [0.1, 0.15) is 10.4 Å². The summed E-state index contributed by atoms with van der Waals surface area (Å²) in [5.41, 5.74) is 1.92. The normalized spacial score (nSPS) is 15.4. The van der Waals surface area contributed by atoms with Gasteiger partial charge in [0.25, 0.3) is 5.91 Å². The third kappa shape index (κ3) is 2.81. The first kappa shape index (κ1) is 13.5. The van der Waals surface area contributed by atoms with Gasteiger partial charge in [-0.05, 0) is 29.6 Å². The van der Waals surface area contributed by atoms with E-state index < -0.39 is 0 Å². The molecule has 3 rings (SSSR count). The van der Waals surface area contributed by atoms with Gasteiger partial charge in [-0.15, -0.1) is 0 Å². The van der Waals surface area contributed by atoms with Gasteiger partial charge in [-0.2, -0.15) is 11.3 Å². The summed E-state index contributed by atoms with van der Waals surface area (Å²) in [6.07, 6.45) is 0. The molecule has 0 aliphatic carbocycles. The van der Waals surface area contributed by atoms with E-state index in [1.54, 1.807) is 11.3 Å². The monoisotopic (exact) mass is 306 g/mol. The molecule has 2 aromatic rings. The minimum atomic E-state index is 0.136. The number of hydrogen-bond donors (Lipinski definition) is 0. The van der Waals surface area contributed by atoms with E-state index in [0.29, 0.717) is 0 Å². The van der Waals surface area contributed by atoms with Crippen LogP contribution in [0.3, 0.4) is 0 Å². The van der Waals surface area contributed by atoms with Crippen molar-refractivity contribution >= 4 is 34.5 Å². The van der Waals surface area contributed by atoms with Gasteiger partial charge in [0.05, 0.1) is 5.56 Å². The fourth-order valence-corrected chi connectivity index (χ4v) is 3.22. The molecular weight excluding hydrogens is 292 g/mol. The fourth-order valence-electron chi connectivity index (χ4n) is 2.41. The van der Waals surface area contributed by atoms with Crippen LogP contribution in [0.2, 0.25) is 5.02 Å². The lowest BCUT2D eigenvalue weighted by Gasteiger charge is -2.36. The summed E-state index contributed by atoms with van der Waals surface area (Å²) in [7, 11) is 0. The predicted molar refractivity (Wildman–Crippen MR) is 83.9 cm³/mol. The van der Waals surface area contributed by atoms with Crippen molar-refractivity contribution in [2.45, 2.75) is 0 Å². The van der Waals surface area contributed by atoms with E-state index in [9.17, 15) is 4.79 Å². The molecule has 5 heteroatoms. The second-order valence-corrected chi connectivity index (χ2v) is 5.99. The van der Waals surface area contributed by atoms with Gasteiger partial charge in [0.2, 0.25) is 0 Å². The lowest BCUT2D eigenvalue weighted by Crippen LogP contribution is -2.48. The summed E-state index contributed by atoms with van der Waals surface area (Å²) < 4.78 is 0. The quantitative estimate of drug-likeness (QED) is 0.849. The summed E-state index contributed by atoms with van der Waals surface area (Å²) in [6, 6.07) is 9.75. The summed E-state index contributed by atoms with van der Waals surface area (Å²) >= 11 is 7.58. The Labute approximate surface area is 127 Å². The molecule has 0 atom stereocenters. The van der Waals surface area contributed by atoms with Gasteiger partial charge in [-0.25, -0.2) is 0 Å². The number of hydrogen-bond acceptors (Lipinski definition) is 3. The van der Waals surface area contributed by atoms with Crippen molar-refractivity contribution in [3.63, 3.8) is 0 Å². The summed E-state index contributed by atoms with van der Waals surface area (Å²) in [5, 5.41) is 4.60. The molecule has 0 unspecified atom stereocenters. The Morgan fingerprint density at radius 2 is 1.95 bits per heavy atom. The number of amides is 1. The van der Waals surface area contributed by atoms with Crippen molar-refractivity contribution in [1.29, 1.82) is 0 Å². The zero-order valence-corrected chi connectivity index (χ0v) is 12.5. The maximum atomic E-state index is 12.3. The Hall–Kier alpha value is -1.52. The van der Waals surface area contributed by atoms with E-state index in [0.717, 1.165) is 42.5 Å². The molecule has 3 nitrogen and oxygen atoms in total. The van der Waals surface area contributed by atoms with Crippen LogP contribution in [0.4, 0.5) is 5.69 Å². The Kier molecular flexibility index (Phi) is 3.94. The lowest BCUT2D eigenvalue weighted by atomic mass is 10.2. The van der Waals surface area contributed by atoms with Crippen LogP contribution in [-0.2, 0) is 0 Å². The summed E-state index contributed by atoms with van der Waals surface area (Å²) in [6.45, 7) is 3.19. The molecule has 20 heavy (non-hydrogen) atoms. The standard InChI is InChI=1S/C15H15ClN2OS/c16-13-2-1-3-14(10-13)17-5-7-18(8-6-17)15(19)12-4-9-20-11-12/h1-4,9-11H,5-8H2. The number of carbonyl (C=O) groups excluding carboxylic acids is 1. The molecule has 1 aliphatic rings. The second kappa shape index (κ2) is 5.85. The van der Waals surface area contributed by atoms with Crippen LogP contribution in [0.5, 0.6) is 0 Å². The molecule has 104 valence electrons. The van der Waals surface area contributed by atoms with Gasteiger partial charge in [-0.1, -0.05) is 17.7 Å². The second-order valence-electron chi connectivity index (χ2n) is 4.77. The van der Waals surface area contributed by atoms with Crippen molar-refractivity contribution in [2.24, 2.45) is 0 Å². The smallest absolute Gasteiger partial charge is 0.254 e. The zero-order valence-electron chi connectivity index (χ0n) is 11.0. The first-order valence-electron chi connectivity index (χ1n) is 6.56. The molecule has 2 heterocycles.